The number of nitrogens with one attached hydrogen (secondary N) is 2. The van der Waals surface area contributed by atoms with Gasteiger partial charge in [0.2, 0.25) is 0 Å². The average Bonchev–Trinajstić information content (AvgIpc) is 2.89. The summed E-state index contributed by atoms with van der Waals surface area (Å²) in [6.07, 6.45) is -0.882. The molecule has 1 aliphatic rings. The van der Waals surface area contributed by atoms with Crippen molar-refractivity contribution in [3.8, 4) is 0 Å². The number of oxime groups is 1. The zero-order valence-electron chi connectivity index (χ0n) is 12.3. The Morgan fingerprint density at radius 2 is 2.26 bits per heavy atom. The first-order valence-corrected chi connectivity index (χ1v) is 6.61. The zero-order valence-corrected chi connectivity index (χ0v) is 12.3. The van der Waals surface area contributed by atoms with Gasteiger partial charge in [0.05, 0.1) is 6.61 Å². The molecule has 23 heavy (non-hydrogen) atoms. The van der Waals surface area contributed by atoms with Crippen LogP contribution in [0.15, 0.2) is 21.7 Å². The highest BCUT2D eigenvalue weighted by Gasteiger charge is 2.61. The molecule has 2 heterocycles. The number of aryl methyl sites for hydroxylation is 1. The fraction of sp³-hybridized carbons (Fsp3) is 0.385. The number of amides is 3. The van der Waals surface area contributed by atoms with Crippen molar-refractivity contribution >= 4 is 24.1 Å². The number of nitrogens with zero attached hydrogens (tertiary/aromatic N) is 1. The van der Waals surface area contributed by atoms with Crippen LogP contribution in [0.25, 0.3) is 0 Å². The SMILES string of the molecule is CCOC(=O)[C@@]1(F)C(=O)NC(=O)N[C@@H]1O/N=C/c1ccc(C)o1. The molecule has 0 bridgehead atoms. The minimum Gasteiger partial charge on any atom is -0.463 e. The van der Waals surface area contributed by atoms with Gasteiger partial charge in [-0.25, -0.2) is 14.0 Å². The lowest BCUT2D eigenvalue weighted by molar-refractivity contribution is -0.179. The molecule has 0 spiro atoms. The average molecular weight is 327 g/mol. The zero-order chi connectivity index (χ0) is 17.0. The lowest BCUT2D eigenvalue weighted by Crippen LogP contribution is -2.70. The molecule has 2 N–H and O–H groups in total. The van der Waals surface area contributed by atoms with Gasteiger partial charge in [0, 0.05) is 0 Å². The third kappa shape index (κ3) is 3.30. The number of ether oxygens (including phenoxy) is 1. The standard InChI is InChI=1S/C13H14FN3O6/c1-3-21-11(19)13(14)9(18)16-12(20)17-10(13)23-15-6-8-5-4-7(2)22-8/h4-6,10H,3H2,1-2H3,(H2,16,17,18,20)/b15-6+/t10-,13-/m1/s1. The largest absolute Gasteiger partial charge is 0.463 e. The monoisotopic (exact) mass is 327 g/mol. The fourth-order valence-electron chi connectivity index (χ4n) is 1.77. The molecule has 10 heteroatoms. The Hall–Kier alpha value is -2.91. The minimum atomic E-state index is -3.26. The summed E-state index contributed by atoms with van der Waals surface area (Å²) in [6.45, 7) is 2.98. The Labute approximate surface area is 129 Å². The highest BCUT2D eigenvalue weighted by molar-refractivity contribution is 6.14. The number of carbonyl (C=O) groups is 3. The topological polar surface area (TPSA) is 119 Å². The van der Waals surface area contributed by atoms with E-state index in [1.165, 1.54) is 6.92 Å². The summed E-state index contributed by atoms with van der Waals surface area (Å²) in [4.78, 5) is 39.5. The van der Waals surface area contributed by atoms with E-state index in [-0.39, 0.29) is 6.61 Å². The van der Waals surface area contributed by atoms with Crippen molar-refractivity contribution in [2.45, 2.75) is 25.7 Å². The normalized spacial score (nSPS) is 24.2. The van der Waals surface area contributed by atoms with Gasteiger partial charge in [0.25, 0.3) is 12.1 Å². The number of hydrogen-bond acceptors (Lipinski definition) is 7. The molecule has 1 aromatic rings. The van der Waals surface area contributed by atoms with Gasteiger partial charge in [-0.1, -0.05) is 5.16 Å². The number of rotatable bonds is 5. The molecule has 2 rings (SSSR count). The van der Waals surface area contributed by atoms with Gasteiger partial charge in [0.1, 0.15) is 17.7 Å². The summed E-state index contributed by atoms with van der Waals surface area (Å²) in [5.74, 6) is -2.07. The molecule has 1 saturated heterocycles. The second-order valence-electron chi connectivity index (χ2n) is 4.53. The van der Waals surface area contributed by atoms with Gasteiger partial charge in [-0.15, -0.1) is 0 Å². The lowest BCUT2D eigenvalue weighted by Gasteiger charge is -2.32. The van der Waals surface area contributed by atoms with Crippen LogP contribution >= 0.6 is 0 Å². The quantitative estimate of drug-likeness (QED) is 0.349. The van der Waals surface area contributed by atoms with Crippen LogP contribution in [0, 0.1) is 6.92 Å². The van der Waals surface area contributed by atoms with Crippen molar-refractivity contribution in [1.82, 2.24) is 10.6 Å². The molecular formula is C13H14FN3O6. The van der Waals surface area contributed by atoms with E-state index >= 15 is 0 Å². The number of alkyl halides is 1. The van der Waals surface area contributed by atoms with E-state index in [0.717, 1.165) is 6.21 Å². The van der Waals surface area contributed by atoms with Crippen LogP contribution in [0.5, 0.6) is 0 Å². The van der Waals surface area contributed by atoms with Crippen LogP contribution in [0.4, 0.5) is 9.18 Å². The smallest absolute Gasteiger partial charge is 0.360 e. The molecule has 2 atom stereocenters. The van der Waals surface area contributed by atoms with Crippen molar-refractivity contribution in [3.63, 3.8) is 0 Å². The van der Waals surface area contributed by atoms with E-state index in [1.54, 1.807) is 24.4 Å². The molecule has 0 aromatic carbocycles. The summed E-state index contributed by atoms with van der Waals surface area (Å²) in [5.41, 5.74) is -3.26. The van der Waals surface area contributed by atoms with Crippen molar-refractivity contribution in [1.29, 1.82) is 0 Å². The first-order chi connectivity index (χ1) is 10.9. The summed E-state index contributed by atoms with van der Waals surface area (Å²) < 4.78 is 24.5. The lowest BCUT2D eigenvalue weighted by atomic mass is 10.0. The predicted molar refractivity (Wildman–Crippen MR) is 73.1 cm³/mol. The second-order valence-corrected chi connectivity index (χ2v) is 4.53. The van der Waals surface area contributed by atoms with E-state index in [9.17, 15) is 18.8 Å². The van der Waals surface area contributed by atoms with Crippen LogP contribution in [0.1, 0.15) is 18.4 Å². The molecular weight excluding hydrogens is 313 g/mol. The van der Waals surface area contributed by atoms with Crippen LogP contribution in [0.3, 0.4) is 0 Å². The third-order valence-electron chi connectivity index (χ3n) is 2.86. The van der Waals surface area contributed by atoms with E-state index in [0.29, 0.717) is 11.5 Å². The first-order valence-electron chi connectivity index (χ1n) is 6.61. The predicted octanol–water partition coefficient (Wildman–Crippen LogP) is 0.375. The van der Waals surface area contributed by atoms with E-state index in [2.05, 4.69) is 9.89 Å². The first kappa shape index (κ1) is 16.5. The molecule has 1 aliphatic heterocycles. The van der Waals surface area contributed by atoms with Crippen molar-refractivity contribution < 1.29 is 32.8 Å². The number of urea groups is 1. The molecule has 0 unspecified atom stereocenters. The van der Waals surface area contributed by atoms with E-state index < -0.39 is 29.8 Å². The van der Waals surface area contributed by atoms with Crippen LogP contribution in [-0.4, -0.2) is 42.6 Å². The van der Waals surface area contributed by atoms with Gasteiger partial charge in [-0.2, -0.15) is 0 Å². The number of esters is 1. The summed E-state index contributed by atoms with van der Waals surface area (Å²) in [5, 5.41) is 7.01. The fourth-order valence-corrected chi connectivity index (χ4v) is 1.77. The van der Waals surface area contributed by atoms with Gasteiger partial charge in [-0.05, 0) is 26.0 Å². The van der Waals surface area contributed by atoms with Crippen molar-refractivity contribution in [2.75, 3.05) is 6.61 Å². The highest BCUT2D eigenvalue weighted by atomic mass is 19.1. The Balaban J connectivity index is 2.17. The highest BCUT2D eigenvalue weighted by Crippen LogP contribution is 2.23. The molecule has 1 aromatic heterocycles. The molecule has 3 amide bonds. The van der Waals surface area contributed by atoms with Crippen LogP contribution in [0.2, 0.25) is 0 Å². The molecule has 0 radical (unpaired) electrons. The second kappa shape index (κ2) is 6.46. The summed E-state index contributed by atoms with van der Waals surface area (Å²) in [7, 11) is 0. The van der Waals surface area contributed by atoms with E-state index in [1.807, 2.05) is 5.32 Å². The molecule has 0 aliphatic carbocycles. The maximum absolute atomic E-state index is 14.8. The van der Waals surface area contributed by atoms with E-state index in [4.69, 9.17) is 9.25 Å². The Morgan fingerprint density at radius 3 is 2.87 bits per heavy atom. The number of furan rings is 1. The van der Waals surface area contributed by atoms with Gasteiger partial charge in [0.15, 0.2) is 0 Å². The van der Waals surface area contributed by atoms with Crippen LogP contribution in [-0.2, 0) is 19.2 Å². The van der Waals surface area contributed by atoms with Crippen molar-refractivity contribution in [3.05, 3.63) is 23.7 Å². The maximum atomic E-state index is 14.8. The number of imide groups is 1. The summed E-state index contributed by atoms with van der Waals surface area (Å²) >= 11 is 0. The summed E-state index contributed by atoms with van der Waals surface area (Å²) in [6, 6.07) is 2.21. The Kier molecular flexibility index (Phi) is 4.63. The molecule has 124 valence electrons. The molecule has 1 fully saturated rings. The number of halogens is 1. The third-order valence-corrected chi connectivity index (χ3v) is 2.86. The maximum Gasteiger partial charge on any atom is 0.360 e. The molecule has 9 nitrogen and oxygen atoms in total. The Morgan fingerprint density at radius 1 is 1.52 bits per heavy atom. The van der Waals surface area contributed by atoms with Gasteiger partial charge < -0.3 is 14.0 Å². The minimum absolute atomic E-state index is 0.159. The number of hydrogen-bond donors (Lipinski definition) is 2. The van der Waals surface area contributed by atoms with Gasteiger partial charge >= 0.3 is 17.7 Å². The van der Waals surface area contributed by atoms with Crippen molar-refractivity contribution in [2.24, 2.45) is 5.16 Å². The molecule has 0 saturated carbocycles. The number of carbonyl (C=O) groups excluding carboxylic acids is 3. The van der Waals surface area contributed by atoms with Crippen LogP contribution < -0.4 is 10.6 Å². The van der Waals surface area contributed by atoms with Gasteiger partial charge in [-0.3, -0.25) is 15.4 Å². The Bertz CT molecular complexity index is 658.